The van der Waals surface area contributed by atoms with Crippen molar-refractivity contribution < 1.29 is 18.3 Å². The van der Waals surface area contributed by atoms with Crippen molar-refractivity contribution in [3.8, 4) is 17.4 Å². The molecule has 0 radical (unpaired) electrons. The summed E-state index contributed by atoms with van der Waals surface area (Å²) in [5, 5.41) is 13.0. The van der Waals surface area contributed by atoms with Crippen molar-refractivity contribution in [2.75, 3.05) is 10.6 Å². The number of urea groups is 1. The number of nitrogens with one attached hydrogen (secondary N) is 2. The number of ether oxygens (including phenoxy) is 1. The van der Waals surface area contributed by atoms with Gasteiger partial charge in [0, 0.05) is 23.5 Å². The largest absolute Gasteiger partial charge is 0.438 e. The van der Waals surface area contributed by atoms with Gasteiger partial charge in [-0.2, -0.15) is 0 Å². The number of aryl methyl sites for hydroxylation is 1. The lowest BCUT2D eigenvalue weighted by Gasteiger charge is -2.10. The number of anilines is 2. The van der Waals surface area contributed by atoms with E-state index < -0.39 is 17.7 Å². The lowest BCUT2D eigenvalue weighted by Crippen LogP contribution is -2.20. The van der Waals surface area contributed by atoms with Crippen LogP contribution in [-0.4, -0.2) is 25.8 Å². The maximum absolute atomic E-state index is 13.6. The molecule has 0 saturated carbocycles. The van der Waals surface area contributed by atoms with Gasteiger partial charge in [-0.05, 0) is 56.3 Å². The van der Waals surface area contributed by atoms with Gasteiger partial charge in [0.15, 0.2) is 5.82 Å². The first kappa shape index (κ1) is 20.9. The fourth-order valence-electron chi connectivity index (χ4n) is 2.83. The summed E-state index contributed by atoms with van der Waals surface area (Å²) in [5.41, 5.74) is 2.06. The van der Waals surface area contributed by atoms with Crippen LogP contribution in [0.2, 0.25) is 0 Å². The third kappa shape index (κ3) is 4.69. The summed E-state index contributed by atoms with van der Waals surface area (Å²) in [7, 11) is 0. The van der Waals surface area contributed by atoms with E-state index in [4.69, 9.17) is 4.74 Å². The van der Waals surface area contributed by atoms with Crippen molar-refractivity contribution >= 4 is 17.4 Å². The van der Waals surface area contributed by atoms with E-state index in [0.29, 0.717) is 23.1 Å². The zero-order valence-corrected chi connectivity index (χ0v) is 17.1. The topological polar surface area (TPSA) is 94.0 Å². The van der Waals surface area contributed by atoms with Gasteiger partial charge < -0.3 is 15.4 Å². The Hall–Kier alpha value is -4.34. The number of halogens is 2. The Bertz CT molecular complexity index is 1260. The summed E-state index contributed by atoms with van der Waals surface area (Å²) < 4.78 is 34.3. The molecule has 0 spiro atoms. The highest BCUT2D eigenvalue weighted by Crippen LogP contribution is 2.22. The highest BCUT2D eigenvalue weighted by molar-refractivity contribution is 5.99. The number of rotatable bonds is 5. The molecule has 2 N–H and O–H groups in total. The summed E-state index contributed by atoms with van der Waals surface area (Å²) in [4.78, 5) is 16.3. The van der Waals surface area contributed by atoms with Crippen LogP contribution in [0.25, 0.3) is 5.82 Å². The Morgan fingerprint density at radius 3 is 2.41 bits per heavy atom. The Labute approximate surface area is 181 Å². The summed E-state index contributed by atoms with van der Waals surface area (Å²) >= 11 is 0. The van der Waals surface area contributed by atoms with Crippen molar-refractivity contribution in [2.24, 2.45) is 0 Å². The highest BCUT2D eigenvalue weighted by Gasteiger charge is 2.10. The zero-order chi connectivity index (χ0) is 22.7. The van der Waals surface area contributed by atoms with Crippen LogP contribution in [0.4, 0.5) is 25.0 Å². The average Bonchev–Trinajstić information content (AvgIpc) is 3.11. The first-order chi connectivity index (χ1) is 15.4. The van der Waals surface area contributed by atoms with E-state index in [1.807, 2.05) is 18.4 Å². The lowest BCUT2D eigenvalue weighted by molar-refractivity contribution is 0.262. The molecule has 4 aromatic rings. The van der Waals surface area contributed by atoms with Gasteiger partial charge >= 0.3 is 6.03 Å². The van der Waals surface area contributed by atoms with Crippen molar-refractivity contribution in [2.45, 2.75) is 13.8 Å². The van der Waals surface area contributed by atoms with Gasteiger partial charge in [0.1, 0.15) is 23.7 Å². The average molecular weight is 436 g/mol. The minimum absolute atomic E-state index is 0.259. The number of amides is 2. The van der Waals surface area contributed by atoms with Crippen molar-refractivity contribution in [1.82, 2.24) is 19.7 Å². The van der Waals surface area contributed by atoms with Crippen LogP contribution < -0.4 is 15.4 Å². The second-order valence-corrected chi connectivity index (χ2v) is 6.84. The summed E-state index contributed by atoms with van der Waals surface area (Å²) in [6.07, 6.45) is 1.68. The number of carbonyl (C=O) groups excluding carboxylic acids is 1. The van der Waals surface area contributed by atoms with E-state index in [-0.39, 0.29) is 5.69 Å². The molecule has 0 aliphatic heterocycles. The SMILES string of the molecule is Cc1ncn(-c2ccc(Oc3ccc(NC(=O)Nc4cc(F)ccc4F)cc3)nn2)c1C. The molecule has 2 aromatic heterocycles. The number of carbonyl (C=O) groups is 1. The van der Waals surface area contributed by atoms with Crippen LogP contribution in [0, 0.1) is 25.5 Å². The molecule has 0 saturated heterocycles. The van der Waals surface area contributed by atoms with E-state index in [1.54, 1.807) is 42.7 Å². The number of benzene rings is 2. The highest BCUT2D eigenvalue weighted by atomic mass is 19.1. The molecule has 0 aliphatic rings. The van der Waals surface area contributed by atoms with Crippen LogP contribution in [0.5, 0.6) is 11.6 Å². The van der Waals surface area contributed by atoms with E-state index >= 15 is 0 Å². The fraction of sp³-hybridized carbons (Fsp3) is 0.0909. The molecule has 0 fully saturated rings. The predicted octanol–water partition coefficient (Wildman–Crippen LogP) is 4.99. The molecule has 32 heavy (non-hydrogen) atoms. The molecule has 0 atom stereocenters. The molecule has 2 aromatic carbocycles. The van der Waals surface area contributed by atoms with Gasteiger partial charge in [-0.1, -0.05) is 0 Å². The van der Waals surface area contributed by atoms with Gasteiger partial charge in [-0.15, -0.1) is 10.2 Å². The molecule has 0 unspecified atom stereocenters. The molecule has 4 rings (SSSR count). The molecule has 10 heteroatoms. The molecule has 162 valence electrons. The van der Waals surface area contributed by atoms with Gasteiger partial charge in [0.2, 0.25) is 5.88 Å². The van der Waals surface area contributed by atoms with Crippen LogP contribution in [0.15, 0.2) is 60.9 Å². The molecule has 2 heterocycles. The van der Waals surface area contributed by atoms with Crippen molar-refractivity contribution in [3.63, 3.8) is 0 Å². The molecule has 0 bridgehead atoms. The fourth-order valence-corrected chi connectivity index (χ4v) is 2.83. The minimum atomic E-state index is -0.740. The number of imidazole rings is 1. The second kappa shape index (κ2) is 8.80. The van der Waals surface area contributed by atoms with Crippen molar-refractivity contribution in [1.29, 1.82) is 0 Å². The molecular weight excluding hydrogens is 418 g/mol. The third-order valence-corrected chi connectivity index (χ3v) is 4.64. The van der Waals surface area contributed by atoms with Crippen LogP contribution in [0.3, 0.4) is 0 Å². The Balaban J connectivity index is 1.37. The lowest BCUT2D eigenvalue weighted by atomic mass is 10.3. The predicted molar refractivity (Wildman–Crippen MR) is 114 cm³/mol. The minimum Gasteiger partial charge on any atom is -0.438 e. The zero-order valence-electron chi connectivity index (χ0n) is 17.1. The Morgan fingerprint density at radius 1 is 0.969 bits per heavy atom. The monoisotopic (exact) mass is 436 g/mol. The van der Waals surface area contributed by atoms with Gasteiger partial charge in [0.05, 0.1) is 11.4 Å². The molecule has 2 amide bonds. The normalized spacial score (nSPS) is 10.6. The summed E-state index contributed by atoms with van der Waals surface area (Å²) in [6, 6.07) is 12.0. The number of nitrogens with zero attached hydrogens (tertiary/aromatic N) is 4. The van der Waals surface area contributed by atoms with Crippen LogP contribution in [0.1, 0.15) is 11.4 Å². The number of hydrogen-bond donors (Lipinski definition) is 2. The Kier molecular flexibility index (Phi) is 5.75. The van der Waals surface area contributed by atoms with E-state index in [0.717, 1.165) is 29.6 Å². The van der Waals surface area contributed by atoms with Gasteiger partial charge in [-0.3, -0.25) is 4.57 Å². The maximum atomic E-state index is 13.6. The number of aromatic nitrogens is 4. The quantitative estimate of drug-likeness (QED) is 0.460. The van der Waals surface area contributed by atoms with Gasteiger partial charge in [-0.25, -0.2) is 18.6 Å². The third-order valence-electron chi connectivity index (χ3n) is 4.64. The number of hydrogen-bond acceptors (Lipinski definition) is 5. The smallest absolute Gasteiger partial charge is 0.323 e. The van der Waals surface area contributed by atoms with Gasteiger partial charge in [0.25, 0.3) is 0 Å². The Morgan fingerprint density at radius 2 is 1.75 bits per heavy atom. The summed E-state index contributed by atoms with van der Waals surface area (Å²) in [5.74, 6) is -0.00628. The van der Waals surface area contributed by atoms with E-state index in [2.05, 4.69) is 25.8 Å². The van der Waals surface area contributed by atoms with Crippen molar-refractivity contribution in [3.05, 3.63) is 83.9 Å². The van der Waals surface area contributed by atoms with Crippen LogP contribution in [-0.2, 0) is 0 Å². The molecular formula is C22H18F2N6O2. The first-order valence-corrected chi connectivity index (χ1v) is 9.54. The standard InChI is InChI=1S/C22H18F2N6O2/c1-13-14(2)30(12-25-13)20-9-10-21(29-28-20)32-17-6-4-16(5-7-17)26-22(31)27-19-11-15(23)3-8-18(19)24/h3-12H,1-2H3,(H2,26,27,31). The van der Waals surface area contributed by atoms with E-state index in [9.17, 15) is 13.6 Å². The van der Waals surface area contributed by atoms with E-state index in [1.165, 1.54) is 0 Å². The second-order valence-electron chi connectivity index (χ2n) is 6.84. The molecule has 8 nitrogen and oxygen atoms in total. The first-order valence-electron chi connectivity index (χ1n) is 9.54. The molecule has 0 aliphatic carbocycles. The summed E-state index contributed by atoms with van der Waals surface area (Å²) in [6.45, 7) is 3.86. The maximum Gasteiger partial charge on any atom is 0.323 e. The van der Waals surface area contributed by atoms with Crippen LogP contribution >= 0.6 is 0 Å².